The van der Waals surface area contributed by atoms with Gasteiger partial charge in [0.2, 0.25) is 0 Å². The third-order valence-electron chi connectivity index (χ3n) is 6.89. The molecule has 1 N–H and O–H groups in total. The van der Waals surface area contributed by atoms with Crippen LogP contribution in [0.2, 0.25) is 0 Å². The van der Waals surface area contributed by atoms with Gasteiger partial charge in [0, 0.05) is 53.9 Å². The van der Waals surface area contributed by atoms with Crippen LogP contribution in [0.15, 0.2) is 78.9 Å². The largest absolute Gasteiger partial charge is 0.456 e. The molecule has 1 spiro atoms. The van der Waals surface area contributed by atoms with Gasteiger partial charge in [-0.05, 0) is 61.9 Å². The van der Waals surface area contributed by atoms with Crippen LogP contribution in [0.25, 0.3) is 0 Å². The lowest BCUT2D eigenvalue weighted by molar-refractivity contribution is 0.0224. The number of nitrogens with one attached hydrogen (secondary N) is 1. The van der Waals surface area contributed by atoms with Crippen molar-refractivity contribution in [2.24, 2.45) is 0 Å². The van der Waals surface area contributed by atoms with Gasteiger partial charge in [-0.25, -0.2) is 4.79 Å². The number of benzene rings is 4. The fraction of sp³-hybridized carbons (Fsp3) is 0.167. The van der Waals surface area contributed by atoms with E-state index in [1.54, 1.807) is 0 Å². The van der Waals surface area contributed by atoms with Gasteiger partial charge in [0.25, 0.3) is 0 Å². The van der Waals surface area contributed by atoms with Crippen molar-refractivity contribution in [2.75, 3.05) is 24.3 Å². The zero-order valence-electron chi connectivity index (χ0n) is 20.2. The van der Waals surface area contributed by atoms with E-state index in [-0.39, 0.29) is 5.97 Å². The van der Waals surface area contributed by atoms with Crippen LogP contribution >= 0.6 is 0 Å². The van der Waals surface area contributed by atoms with Gasteiger partial charge in [-0.3, -0.25) is 0 Å². The summed E-state index contributed by atoms with van der Waals surface area (Å²) in [6.07, 6.45) is 0. The van der Waals surface area contributed by atoms with E-state index < -0.39 is 5.60 Å². The maximum Gasteiger partial charge on any atom is 0.340 e. The van der Waals surface area contributed by atoms with E-state index in [9.17, 15) is 4.79 Å². The number of carbonyl (C=O) groups excluding carboxylic acids is 1. The first-order valence-electron chi connectivity index (χ1n) is 11.7. The maximum absolute atomic E-state index is 13.1. The normalized spacial score (nSPS) is 17.2. The van der Waals surface area contributed by atoms with E-state index in [2.05, 4.69) is 42.6 Å². The molecule has 2 heterocycles. The summed E-state index contributed by atoms with van der Waals surface area (Å²) in [5, 5.41) is 3.54. The number of anilines is 3. The van der Waals surface area contributed by atoms with E-state index in [0.29, 0.717) is 17.1 Å². The van der Waals surface area contributed by atoms with Crippen LogP contribution in [-0.2, 0) is 10.3 Å². The number of esters is 1. The van der Waals surface area contributed by atoms with Crippen molar-refractivity contribution >= 4 is 23.0 Å². The highest BCUT2D eigenvalue weighted by Crippen LogP contribution is 2.57. The van der Waals surface area contributed by atoms with E-state index in [1.807, 2.05) is 74.4 Å². The predicted octanol–water partition coefficient (Wildman–Crippen LogP) is 6.68. The minimum absolute atomic E-state index is 0.329. The summed E-state index contributed by atoms with van der Waals surface area (Å²) in [7, 11) is 3.98. The molecule has 2 aliphatic heterocycles. The summed E-state index contributed by atoms with van der Waals surface area (Å²) in [4.78, 5) is 15.1. The second kappa shape index (κ2) is 7.64. The molecule has 0 amide bonds. The molecule has 0 aromatic heterocycles. The molecule has 5 nitrogen and oxygen atoms in total. The smallest absolute Gasteiger partial charge is 0.340 e. The van der Waals surface area contributed by atoms with Gasteiger partial charge >= 0.3 is 5.97 Å². The molecule has 1 atom stereocenters. The second-order valence-electron chi connectivity index (χ2n) is 9.45. The number of carbonyl (C=O) groups is 1. The van der Waals surface area contributed by atoms with E-state index >= 15 is 0 Å². The van der Waals surface area contributed by atoms with Crippen molar-refractivity contribution in [1.82, 2.24) is 0 Å². The summed E-state index contributed by atoms with van der Waals surface area (Å²) in [6, 6.07) is 26.0. The number of hydrogen-bond acceptors (Lipinski definition) is 5. The molecule has 4 aromatic carbocycles. The van der Waals surface area contributed by atoms with Crippen LogP contribution in [0.4, 0.5) is 17.1 Å². The lowest BCUT2D eigenvalue weighted by atomic mass is 9.77. The van der Waals surface area contributed by atoms with Crippen molar-refractivity contribution < 1.29 is 14.3 Å². The Morgan fingerprint density at radius 3 is 2.31 bits per heavy atom. The van der Waals surface area contributed by atoms with Crippen LogP contribution in [0, 0.1) is 13.8 Å². The standard InChI is InChI=1S/C30H26N2O3/c1-18-9-11-20(12-10-18)31-26-17-25-27(15-19(26)2)34-28-16-21(32(3)4)13-14-24(28)30(25)23-8-6-5-7-22(23)29(33)35-30/h5-17,31H,1-4H3. The number of nitrogens with zero attached hydrogens (tertiary/aromatic N) is 1. The zero-order chi connectivity index (χ0) is 24.3. The first-order valence-corrected chi connectivity index (χ1v) is 11.7. The minimum Gasteiger partial charge on any atom is -0.456 e. The Kier molecular flexibility index (Phi) is 4.65. The monoisotopic (exact) mass is 462 g/mol. The highest BCUT2D eigenvalue weighted by molar-refractivity contribution is 5.97. The van der Waals surface area contributed by atoms with Crippen molar-refractivity contribution in [2.45, 2.75) is 19.4 Å². The second-order valence-corrected chi connectivity index (χ2v) is 9.45. The van der Waals surface area contributed by atoms with Gasteiger partial charge in [0.1, 0.15) is 11.5 Å². The van der Waals surface area contributed by atoms with Gasteiger partial charge < -0.3 is 19.7 Å². The Hall–Kier alpha value is -4.25. The van der Waals surface area contributed by atoms with Crippen LogP contribution in [0.5, 0.6) is 11.5 Å². The molecule has 35 heavy (non-hydrogen) atoms. The third kappa shape index (κ3) is 3.19. The topological polar surface area (TPSA) is 50.8 Å². The average Bonchev–Trinajstić information content (AvgIpc) is 3.14. The molecule has 6 rings (SSSR count). The molecule has 0 aliphatic carbocycles. The lowest BCUT2D eigenvalue weighted by Crippen LogP contribution is -2.33. The van der Waals surface area contributed by atoms with Crippen LogP contribution in [0.1, 0.15) is 38.2 Å². The lowest BCUT2D eigenvalue weighted by Gasteiger charge is -2.37. The zero-order valence-corrected chi connectivity index (χ0v) is 20.2. The molecule has 174 valence electrons. The van der Waals surface area contributed by atoms with Gasteiger partial charge in [0.05, 0.1) is 5.56 Å². The van der Waals surface area contributed by atoms with Crippen LogP contribution in [0.3, 0.4) is 0 Å². The summed E-state index contributed by atoms with van der Waals surface area (Å²) in [5.41, 5.74) is 7.12. The fourth-order valence-corrected chi connectivity index (χ4v) is 5.01. The van der Waals surface area contributed by atoms with Gasteiger partial charge in [0.15, 0.2) is 5.60 Å². The number of hydrogen-bond donors (Lipinski definition) is 1. The van der Waals surface area contributed by atoms with Crippen molar-refractivity contribution in [3.05, 3.63) is 112 Å². The van der Waals surface area contributed by atoms with E-state index in [0.717, 1.165) is 39.3 Å². The average molecular weight is 463 g/mol. The SMILES string of the molecule is Cc1ccc(Nc2cc3c(cc2C)Oc2cc(N(C)C)ccc2C32OC(=O)c3ccccc32)cc1. The Morgan fingerprint density at radius 2 is 1.54 bits per heavy atom. The molecular weight excluding hydrogens is 436 g/mol. The summed E-state index contributed by atoms with van der Waals surface area (Å²) in [5.74, 6) is 1.04. The molecule has 0 saturated heterocycles. The molecule has 2 aliphatic rings. The summed E-state index contributed by atoms with van der Waals surface area (Å²) >= 11 is 0. The van der Waals surface area contributed by atoms with Gasteiger partial charge in [-0.1, -0.05) is 35.9 Å². The summed E-state index contributed by atoms with van der Waals surface area (Å²) < 4.78 is 12.8. The molecule has 5 heteroatoms. The number of rotatable bonds is 3. The highest BCUT2D eigenvalue weighted by atomic mass is 16.6. The first-order chi connectivity index (χ1) is 16.9. The molecular formula is C30H26N2O3. The Labute approximate surface area is 204 Å². The number of ether oxygens (including phenoxy) is 2. The number of fused-ring (bicyclic) bond motifs is 6. The maximum atomic E-state index is 13.1. The predicted molar refractivity (Wildman–Crippen MR) is 138 cm³/mol. The van der Waals surface area contributed by atoms with Crippen molar-refractivity contribution in [1.29, 1.82) is 0 Å². The first kappa shape index (κ1) is 21.3. The Balaban J connectivity index is 1.59. The molecule has 0 saturated carbocycles. The molecule has 4 aromatic rings. The van der Waals surface area contributed by atoms with Gasteiger partial charge in [-0.15, -0.1) is 0 Å². The quantitative estimate of drug-likeness (QED) is 0.344. The minimum atomic E-state index is -1.08. The summed E-state index contributed by atoms with van der Waals surface area (Å²) in [6.45, 7) is 4.12. The highest BCUT2D eigenvalue weighted by Gasteiger charge is 2.53. The molecule has 0 fully saturated rings. The van der Waals surface area contributed by atoms with Crippen LogP contribution < -0.4 is 15.0 Å². The Bertz CT molecular complexity index is 1490. The third-order valence-corrected chi connectivity index (χ3v) is 6.89. The van der Waals surface area contributed by atoms with Crippen LogP contribution in [-0.4, -0.2) is 20.1 Å². The molecule has 0 radical (unpaired) electrons. The molecule has 0 bridgehead atoms. The molecule has 1 unspecified atom stereocenters. The number of aryl methyl sites for hydroxylation is 2. The van der Waals surface area contributed by atoms with Crippen molar-refractivity contribution in [3.8, 4) is 11.5 Å². The Morgan fingerprint density at radius 1 is 0.800 bits per heavy atom. The van der Waals surface area contributed by atoms with E-state index in [1.165, 1.54) is 5.56 Å². The van der Waals surface area contributed by atoms with E-state index in [4.69, 9.17) is 9.47 Å². The van der Waals surface area contributed by atoms with Gasteiger partial charge in [-0.2, -0.15) is 0 Å². The fourth-order valence-electron chi connectivity index (χ4n) is 5.01. The van der Waals surface area contributed by atoms with Crippen molar-refractivity contribution in [3.63, 3.8) is 0 Å².